The Labute approximate surface area is 136 Å². The third-order valence-electron chi connectivity index (χ3n) is 3.95. The monoisotopic (exact) mass is 307 g/mol. The standard InChI is InChI=1S/C20H21NO2/c1-22-19-9-10-20(23-2)18(12-19)14-21-13-15-7-8-16-5-3-4-6-17(16)11-15/h3-12,21H,13-14H2,1-2H3. The molecule has 0 radical (unpaired) electrons. The molecule has 0 aromatic heterocycles. The molecular weight excluding hydrogens is 286 g/mol. The SMILES string of the molecule is COc1ccc(OC)c(CNCc2ccc3ccccc3c2)c1. The van der Waals surface area contributed by atoms with E-state index in [0.717, 1.165) is 30.2 Å². The van der Waals surface area contributed by atoms with Gasteiger partial charge in [-0.05, 0) is 40.6 Å². The summed E-state index contributed by atoms with van der Waals surface area (Å²) < 4.78 is 10.7. The molecule has 1 N–H and O–H groups in total. The van der Waals surface area contributed by atoms with Gasteiger partial charge in [-0.25, -0.2) is 0 Å². The minimum Gasteiger partial charge on any atom is -0.497 e. The predicted octanol–water partition coefficient (Wildman–Crippen LogP) is 4.15. The maximum atomic E-state index is 5.41. The van der Waals surface area contributed by atoms with Crippen LogP contribution in [0.1, 0.15) is 11.1 Å². The second-order valence-electron chi connectivity index (χ2n) is 5.46. The summed E-state index contributed by atoms with van der Waals surface area (Å²) in [5.74, 6) is 1.71. The van der Waals surface area contributed by atoms with Crippen LogP contribution in [0.25, 0.3) is 10.8 Å². The first kappa shape index (κ1) is 15.4. The van der Waals surface area contributed by atoms with Crippen LogP contribution in [-0.2, 0) is 13.1 Å². The first-order valence-corrected chi connectivity index (χ1v) is 7.69. The molecule has 0 saturated carbocycles. The van der Waals surface area contributed by atoms with E-state index in [9.17, 15) is 0 Å². The normalized spacial score (nSPS) is 10.7. The minimum absolute atomic E-state index is 0.729. The predicted molar refractivity (Wildman–Crippen MR) is 94.0 cm³/mol. The average Bonchev–Trinajstić information content (AvgIpc) is 2.61. The molecule has 0 aliphatic rings. The molecular formula is C20H21NO2. The lowest BCUT2D eigenvalue weighted by Gasteiger charge is -2.12. The molecule has 0 fully saturated rings. The molecule has 0 amide bonds. The lowest BCUT2D eigenvalue weighted by atomic mass is 10.1. The summed E-state index contributed by atoms with van der Waals surface area (Å²) >= 11 is 0. The van der Waals surface area contributed by atoms with E-state index in [4.69, 9.17) is 9.47 Å². The Morgan fingerprint density at radius 3 is 2.39 bits per heavy atom. The number of rotatable bonds is 6. The summed E-state index contributed by atoms with van der Waals surface area (Å²) in [5, 5.41) is 6.01. The molecule has 0 aliphatic heterocycles. The summed E-state index contributed by atoms with van der Waals surface area (Å²) in [5.41, 5.74) is 2.36. The highest BCUT2D eigenvalue weighted by Crippen LogP contribution is 2.24. The van der Waals surface area contributed by atoms with E-state index in [-0.39, 0.29) is 0 Å². The molecule has 3 aromatic rings. The summed E-state index contributed by atoms with van der Waals surface area (Å²) in [6.45, 7) is 1.54. The number of hydrogen-bond donors (Lipinski definition) is 1. The molecule has 0 aliphatic carbocycles. The number of methoxy groups -OCH3 is 2. The summed E-state index contributed by atoms with van der Waals surface area (Å²) in [6, 6.07) is 20.8. The van der Waals surface area contributed by atoms with Crippen molar-refractivity contribution in [3.63, 3.8) is 0 Å². The van der Waals surface area contributed by atoms with E-state index in [2.05, 4.69) is 47.8 Å². The highest BCUT2D eigenvalue weighted by molar-refractivity contribution is 5.82. The topological polar surface area (TPSA) is 30.5 Å². The number of nitrogens with one attached hydrogen (secondary N) is 1. The molecule has 23 heavy (non-hydrogen) atoms. The van der Waals surface area contributed by atoms with Crippen LogP contribution in [0, 0.1) is 0 Å². The van der Waals surface area contributed by atoms with Crippen molar-refractivity contribution in [2.24, 2.45) is 0 Å². The van der Waals surface area contributed by atoms with Gasteiger partial charge in [0.25, 0.3) is 0 Å². The molecule has 3 aromatic carbocycles. The van der Waals surface area contributed by atoms with Gasteiger partial charge in [0.15, 0.2) is 0 Å². The van der Waals surface area contributed by atoms with Gasteiger partial charge in [0, 0.05) is 18.7 Å². The van der Waals surface area contributed by atoms with Crippen LogP contribution in [0.2, 0.25) is 0 Å². The van der Waals surface area contributed by atoms with Crippen molar-refractivity contribution in [2.45, 2.75) is 13.1 Å². The maximum Gasteiger partial charge on any atom is 0.123 e. The molecule has 3 nitrogen and oxygen atoms in total. The number of hydrogen-bond acceptors (Lipinski definition) is 3. The Kier molecular flexibility index (Phi) is 4.79. The fraction of sp³-hybridized carbons (Fsp3) is 0.200. The van der Waals surface area contributed by atoms with Gasteiger partial charge in [-0.3, -0.25) is 0 Å². The molecule has 0 saturated heterocycles. The minimum atomic E-state index is 0.729. The fourth-order valence-corrected chi connectivity index (χ4v) is 2.71. The molecule has 0 heterocycles. The second kappa shape index (κ2) is 7.16. The van der Waals surface area contributed by atoms with E-state index in [1.165, 1.54) is 16.3 Å². The van der Waals surface area contributed by atoms with Crippen molar-refractivity contribution in [1.29, 1.82) is 0 Å². The van der Waals surface area contributed by atoms with Gasteiger partial charge in [-0.15, -0.1) is 0 Å². The zero-order chi connectivity index (χ0) is 16.1. The Morgan fingerprint density at radius 2 is 1.61 bits per heavy atom. The van der Waals surface area contributed by atoms with Gasteiger partial charge in [-0.1, -0.05) is 36.4 Å². The lowest BCUT2D eigenvalue weighted by molar-refractivity contribution is 0.397. The third kappa shape index (κ3) is 3.63. The first-order chi connectivity index (χ1) is 11.3. The van der Waals surface area contributed by atoms with Crippen molar-refractivity contribution in [3.05, 3.63) is 71.8 Å². The van der Waals surface area contributed by atoms with Gasteiger partial charge in [0.1, 0.15) is 11.5 Å². The molecule has 0 bridgehead atoms. The third-order valence-corrected chi connectivity index (χ3v) is 3.95. The smallest absolute Gasteiger partial charge is 0.123 e. The molecule has 118 valence electrons. The van der Waals surface area contributed by atoms with Crippen molar-refractivity contribution in [1.82, 2.24) is 5.32 Å². The van der Waals surface area contributed by atoms with E-state index in [0.29, 0.717) is 0 Å². The molecule has 3 rings (SSSR count). The van der Waals surface area contributed by atoms with Crippen LogP contribution in [0.3, 0.4) is 0 Å². The van der Waals surface area contributed by atoms with Crippen molar-refractivity contribution in [2.75, 3.05) is 14.2 Å². The molecule has 0 atom stereocenters. The highest BCUT2D eigenvalue weighted by atomic mass is 16.5. The number of fused-ring (bicyclic) bond motifs is 1. The van der Waals surface area contributed by atoms with Crippen molar-refractivity contribution in [3.8, 4) is 11.5 Å². The Morgan fingerprint density at radius 1 is 0.783 bits per heavy atom. The van der Waals surface area contributed by atoms with E-state index >= 15 is 0 Å². The van der Waals surface area contributed by atoms with Crippen LogP contribution < -0.4 is 14.8 Å². The van der Waals surface area contributed by atoms with Crippen molar-refractivity contribution < 1.29 is 9.47 Å². The molecule has 3 heteroatoms. The quantitative estimate of drug-likeness (QED) is 0.742. The van der Waals surface area contributed by atoms with Gasteiger partial charge in [0.2, 0.25) is 0 Å². The fourth-order valence-electron chi connectivity index (χ4n) is 2.71. The summed E-state index contributed by atoms with van der Waals surface area (Å²) in [4.78, 5) is 0. The highest BCUT2D eigenvalue weighted by Gasteiger charge is 2.05. The van der Waals surface area contributed by atoms with Gasteiger partial charge >= 0.3 is 0 Å². The van der Waals surface area contributed by atoms with E-state index in [1.54, 1.807) is 14.2 Å². The van der Waals surface area contributed by atoms with Crippen LogP contribution >= 0.6 is 0 Å². The van der Waals surface area contributed by atoms with Crippen LogP contribution in [-0.4, -0.2) is 14.2 Å². The maximum absolute atomic E-state index is 5.41. The average molecular weight is 307 g/mol. The van der Waals surface area contributed by atoms with Gasteiger partial charge in [-0.2, -0.15) is 0 Å². The van der Waals surface area contributed by atoms with E-state index < -0.39 is 0 Å². The summed E-state index contributed by atoms with van der Waals surface area (Å²) in [7, 11) is 3.36. The van der Waals surface area contributed by atoms with Crippen LogP contribution in [0.5, 0.6) is 11.5 Å². The van der Waals surface area contributed by atoms with Gasteiger partial charge in [0.05, 0.1) is 14.2 Å². The summed E-state index contributed by atoms with van der Waals surface area (Å²) in [6.07, 6.45) is 0. The first-order valence-electron chi connectivity index (χ1n) is 7.69. The Balaban J connectivity index is 1.68. The number of ether oxygens (including phenoxy) is 2. The Hall–Kier alpha value is -2.52. The zero-order valence-electron chi connectivity index (χ0n) is 13.5. The largest absolute Gasteiger partial charge is 0.497 e. The molecule has 0 spiro atoms. The number of benzene rings is 3. The molecule has 0 unspecified atom stereocenters. The van der Waals surface area contributed by atoms with E-state index in [1.807, 2.05) is 18.2 Å². The van der Waals surface area contributed by atoms with Crippen LogP contribution in [0.15, 0.2) is 60.7 Å². The van der Waals surface area contributed by atoms with Gasteiger partial charge < -0.3 is 14.8 Å². The van der Waals surface area contributed by atoms with Crippen molar-refractivity contribution >= 4 is 10.8 Å². The van der Waals surface area contributed by atoms with Crippen LogP contribution in [0.4, 0.5) is 0 Å². The second-order valence-corrected chi connectivity index (χ2v) is 5.46. The Bertz CT molecular complexity index is 799. The zero-order valence-corrected chi connectivity index (χ0v) is 13.5. The lowest BCUT2D eigenvalue weighted by Crippen LogP contribution is -2.13.